The normalized spacial score (nSPS) is 12.4. The molecule has 0 radical (unpaired) electrons. The molecule has 6 nitrogen and oxygen atoms in total. The fourth-order valence-corrected chi connectivity index (χ4v) is 5.07. The van der Waals surface area contributed by atoms with Crippen LogP contribution in [0.2, 0.25) is 0 Å². The summed E-state index contributed by atoms with van der Waals surface area (Å²) in [6.07, 6.45) is 0.806. The highest BCUT2D eigenvalue weighted by Crippen LogP contribution is 2.51. The van der Waals surface area contributed by atoms with Gasteiger partial charge in [-0.3, -0.25) is 10.1 Å². The van der Waals surface area contributed by atoms with Gasteiger partial charge in [-0.15, -0.1) is 0 Å². The molecule has 3 aromatic carbocycles. The summed E-state index contributed by atoms with van der Waals surface area (Å²) in [5.74, 6) is 0.712. The van der Waals surface area contributed by atoms with E-state index in [1.807, 2.05) is 66.7 Å². The molecular weight excluding hydrogens is 414 g/mol. The summed E-state index contributed by atoms with van der Waals surface area (Å²) in [4.78, 5) is 15.9. The van der Waals surface area contributed by atoms with E-state index >= 15 is 0 Å². The molecule has 1 N–H and O–H groups in total. The van der Waals surface area contributed by atoms with Crippen LogP contribution in [0.25, 0.3) is 44.7 Å². The van der Waals surface area contributed by atoms with Gasteiger partial charge in [0, 0.05) is 23.0 Å². The zero-order valence-corrected chi connectivity index (χ0v) is 18.0. The van der Waals surface area contributed by atoms with Crippen molar-refractivity contribution in [1.29, 1.82) is 0 Å². The smallest absolute Gasteiger partial charge is 0.303 e. The molecule has 1 aliphatic heterocycles. The number of aromatic amines is 1. The van der Waals surface area contributed by atoms with E-state index in [1.165, 1.54) is 10.9 Å². The van der Waals surface area contributed by atoms with Gasteiger partial charge in [-0.2, -0.15) is 0 Å². The third-order valence-electron chi connectivity index (χ3n) is 6.48. The van der Waals surface area contributed by atoms with Gasteiger partial charge in [0.2, 0.25) is 0 Å². The summed E-state index contributed by atoms with van der Waals surface area (Å²) < 4.78 is 7.44. The van der Waals surface area contributed by atoms with Crippen LogP contribution in [0.3, 0.4) is 0 Å². The number of aromatic nitrogens is 2. The summed E-state index contributed by atoms with van der Waals surface area (Å²) in [6.45, 7) is 0.672. The van der Waals surface area contributed by atoms with Gasteiger partial charge in [0.05, 0.1) is 29.0 Å². The number of hydrogen-bond donors (Lipinski definition) is 1. The Morgan fingerprint density at radius 3 is 2.36 bits per heavy atom. The van der Waals surface area contributed by atoms with E-state index in [0.717, 1.165) is 34.5 Å². The zero-order chi connectivity index (χ0) is 22.5. The standard InChI is InChI=1S/C27H21N3O3/c1-33-19-13-11-17(12-14-19)23-26-24-21(20-9-5-6-10-22(20)28-24)15-16-29(26)25(27(23)30(31)32)18-7-3-2-4-8-18/h2-14,28H,15-16H2,1H3. The number of aryl methyl sites for hydroxylation is 1. The molecule has 0 aliphatic carbocycles. The summed E-state index contributed by atoms with van der Waals surface area (Å²) in [7, 11) is 1.61. The van der Waals surface area contributed by atoms with Crippen LogP contribution in [-0.2, 0) is 13.0 Å². The van der Waals surface area contributed by atoms with Crippen molar-refractivity contribution < 1.29 is 9.66 Å². The minimum Gasteiger partial charge on any atom is -0.497 e. The van der Waals surface area contributed by atoms with Crippen molar-refractivity contribution in [3.8, 4) is 39.5 Å². The number of H-pyrrole nitrogens is 1. The van der Waals surface area contributed by atoms with Crippen molar-refractivity contribution in [3.63, 3.8) is 0 Å². The molecule has 2 aromatic heterocycles. The molecule has 6 rings (SSSR count). The van der Waals surface area contributed by atoms with Gasteiger partial charge in [-0.05, 0) is 35.7 Å². The number of para-hydroxylation sites is 1. The molecule has 0 amide bonds. The van der Waals surface area contributed by atoms with Crippen molar-refractivity contribution in [1.82, 2.24) is 9.55 Å². The Hall–Kier alpha value is -4.32. The number of hydrogen-bond acceptors (Lipinski definition) is 3. The average Bonchev–Trinajstić information content (AvgIpc) is 3.41. The van der Waals surface area contributed by atoms with Gasteiger partial charge in [-0.25, -0.2) is 0 Å². The summed E-state index contributed by atoms with van der Waals surface area (Å²) >= 11 is 0. The summed E-state index contributed by atoms with van der Waals surface area (Å²) in [6, 6.07) is 25.3. The maximum atomic E-state index is 12.6. The number of rotatable bonds is 4. The third kappa shape index (κ3) is 2.88. The Morgan fingerprint density at radius 1 is 0.909 bits per heavy atom. The average molecular weight is 435 g/mol. The van der Waals surface area contributed by atoms with Gasteiger partial charge in [0.1, 0.15) is 11.4 Å². The molecule has 33 heavy (non-hydrogen) atoms. The lowest BCUT2D eigenvalue weighted by molar-refractivity contribution is -0.383. The van der Waals surface area contributed by atoms with E-state index in [4.69, 9.17) is 4.74 Å². The summed E-state index contributed by atoms with van der Waals surface area (Å²) in [5.41, 5.74) is 7.11. The number of nitrogens with one attached hydrogen (secondary N) is 1. The monoisotopic (exact) mass is 435 g/mol. The molecule has 0 spiro atoms. The molecule has 3 heterocycles. The second-order valence-electron chi connectivity index (χ2n) is 8.20. The number of nitro groups is 1. The number of methoxy groups -OCH3 is 1. The highest BCUT2D eigenvalue weighted by Gasteiger charge is 2.36. The van der Waals surface area contributed by atoms with Gasteiger partial charge < -0.3 is 14.3 Å². The zero-order valence-electron chi connectivity index (χ0n) is 18.0. The SMILES string of the molecule is COc1ccc(-c2c([N+](=O)[O-])c(-c3ccccc3)n3c2-c2[nH]c4ccccc4c2CC3)cc1. The van der Waals surface area contributed by atoms with Gasteiger partial charge >= 0.3 is 5.69 Å². The maximum Gasteiger partial charge on any atom is 0.303 e. The fraction of sp³-hybridized carbons (Fsp3) is 0.111. The van der Waals surface area contributed by atoms with Gasteiger partial charge in [-0.1, -0.05) is 60.7 Å². The molecule has 0 saturated carbocycles. The van der Waals surface area contributed by atoms with E-state index in [1.54, 1.807) is 7.11 Å². The van der Waals surface area contributed by atoms with Crippen LogP contribution >= 0.6 is 0 Å². The van der Waals surface area contributed by atoms with E-state index in [2.05, 4.69) is 21.7 Å². The largest absolute Gasteiger partial charge is 0.497 e. The fourth-order valence-electron chi connectivity index (χ4n) is 5.07. The van der Waals surface area contributed by atoms with Crippen LogP contribution in [-0.4, -0.2) is 21.6 Å². The van der Waals surface area contributed by atoms with Gasteiger partial charge in [0.15, 0.2) is 0 Å². The molecule has 5 aromatic rings. The Bertz CT molecular complexity index is 1510. The highest BCUT2D eigenvalue weighted by atomic mass is 16.6. The van der Waals surface area contributed by atoms with E-state index in [9.17, 15) is 10.1 Å². The molecule has 0 saturated heterocycles. The number of fused-ring (bicyclic) bond motifs is 5. The van der Waals surface area contributed by atoms with E-state index < -0.39 is 0 Å². The minimum absolute atomic E-state index is 0.132. The Labute approximate surface area is 190 Å². The second kappa shape index (κ2) is 7.38. The quantitative estimate of drug-likeness (QED) is 0.261. The highest BCUT2D eigenvalue weighted by molar-refractivity contribution is 6.00. The molecule has 162 valence electrons. The first-order valence-electron chi connectivity index (χ1n) is 10.9. The van der Waals surface area contributed by atoms with Crippen molar-refractivity contribution in [2.45, 2.75) is 13.0 Å². The van der Waals surface area contributed by atoms with Crippen LogP contribution in [0.1, 0.15) is 5.56 Å². The predicted molar refractivity (Wildman–Crippen MR) is 130 cm³/mol. The van der Waals surface area contributed by atoms with Gasteiger partial charge in [0.25, 0.3) is 0 Å². The first-order valence-corrected chi connectivity index (χ1v) is 10.9. The molecule has 0 bridgehead atoms. The van der Waals surface area contributed by atoms with Crippen molar-refractivity contribution >= 4 is 16.6 Å². The number of benzene rings is 3. The number of nitrogens with zero attached hydrogens (tertiary/aromatic N) is 2. The minimum atomic E-state index is -0.241. The lowest BCUT2D eigenvalue weighted by Gasteiger charge is -2.19. The molecule has 0 unspecified atom stereocenters. The van der Waals surface area contributed by atoms with Crippen molar-refractivity contribution in [2.24, 2.45) is 0 Å². The lowest BCUT2D eigenvalue weighted by Crippen LogP contribution is -2.11. The van der Waals surface area contributed by atoms with Crippen LogP contribution in [0.15, 0.2) is 78.9 Å². The third-order valence-corrected chi connectivity index (χ3v) is 6.48. The Morgan fingerprint density at radius 2 is 1.64 bits per heavy atom. The molecule has 1 aliphatic rings. The predicted octanol–water partition coefficient (Wildman–Crippen LogP) is 6.44. The first kappa shape index (κ1) is 19.4. The van der Waals surface area contributed by atoms with Crippen LogP contribution in [0.4, 0.5) is 5.69 Å². The van der Waals surface area contributed by atoms with Crippen molar-refractivity contribution in [2.75, 3.05) is 7.11 Å². The number of ether oxygens (including phenoxy) is 1. The Balaban J connectivity index is 1.74. The molecular formula is C27H21N3O3. The molecule has 6 heteroatoms. The van der Waals surface area contributed by atoms with Crippen LogP contribution < -0.4 is 4.74 Å². The maximum absolute atomic E-state index is 12.6. The van der Waals surface area contributed by atoms with Crippen LogP contribution in [0.5, 0.6) is 5.75 Å². The first-order chi connectivity index (χ1) is 16.2. The lowest BCUT2D eigenvalue weighted by atomic mass is 9.97. The Kier molecular flexibility index (Phi) is 4.33. The summed E-state index contributed by atoms with van der Waals surface area (Å²) in [5, 5.41) is 13.7. The van der Waals surface area contributed by atoms with E-state index in [0.29, 0.717) is 23.6 Å². The second-order valence-corrected chi connectivity index (χ2v) is 8.20. The molecule has 0 fully saturated rings. The topological polar surface area (TPSA) is 73.1 Å². The van der Waals surface area contributed by atoms with Crippen molar-refractivity contribution in [3.05, 3.63) is 94.5 Å². The molecule has 0 atom stereocenters. The van der Waals surface area contributed by atoms with E-state index in [-0.39, 0.29) is 10.6 Å². The van der Waals surface area contributed by atoms with Crippen LogP contribution in [0, 0.1) is 10.1 Å².